The maximum Gasteiger partial charge on any atom is 0.239 e. The number of piperidine rings is 1. The van der Waals surface area contributed by atoms with Crippen molar-refractivity contribution in [3.05, 3.63) is 0 Å². The SMILES string of the molecule is CCOCCCNC(=O)C1CCN(C(=O)[C@@H](N)C(C)C)CC1. The van der Waals surface area contributed by atoms with Gasteiger partial charge in [-0.2, -0.15) is 0 Å². The normalized spacial score (nSPS) is 17.6. The molecular weight excluding hydrogens is 282 g/mol. The van der Waals surface area contributed by atoms with Crippen molar-refractivity contribution in [2.24, 2.45) is 17.6 Å². The fraction of sp³-hybridized carbons (Fsp3) is 0.875. The van der Waals surface area contributed by atoms with E-state index in [9.17, 15) is 9.59 Å². The third-order valence-electron chi connectivity index (χ3n) is 4.15. The zero-order chi connectivity index (χ0) is 16.5. The Balaban J connectivity index is 2.26. The molecule has 1 aliphatic rings. The lowest BCUT2D eigenvalue weighted by molar-refractivity contribution is -0.137. The Hall–Kier alpha value is -1.14. The van der Waals surface area contributed by atoms with Gasteiger partial charge in [0.05, 0.1) is 6.04 Å². The van der Waals surface area contributed by atoms with Gasteiger partial charge in [0.15, 0.2) is 0 Å². The lowest BCUT2D eigenvalue weighted by atomic mass is 9.94. The van der Waals surface area contributed by atoms with Gasteiger partial charge in [-0.3, -0.25) is 9.59 Å². The summed E-state index contributed by atoms with van der Waals surface area (Å²) in [7, 11) is 0. The van der Waals surface area contributed by atoms with Crippen LogP contribution in [0.3, 0.4) is 0 Å². The summed E-state index contributed by atoms with van der Waals surface area (Å²) in [5.74, 6) is 0.243. The first-order chi connectivity index (χ1) is 10.5. The summed E-state index contributed by atoms with van der Waals surface area (Å²) in [6, 6.07) is -0.441. The molecule has 0 spiro atoms. The zero-order valence-electron chi connectivity index (χ0n) is 14.1. The number of likely N-dealkylation sites (tertiary alicyclic amines) is 1. The molecule has 3 N–H and O–H groups in total. The molecule has 128 valence electrons. The molecule has 6 nitrogen and oxygen atoms in total. The van der Waals surface area contributed by atoms with Crippen LogP contribution < -0.4 is 11.1 Å². The summed E-state index contributed by atoms with van der Waals surface area (Å²) in [6.07, 6.45) is 2.27. The molecule has 1 heterocycles. The highest BCUT2D eigenvalue weighted by atomic mass is 16.5. The van der Waals surface area contributed by atoms with Crippen LogP contribution in [0, 0.1) is 11.8 Å². The third kappa shape index (κ3) is 5.93. The van der Waals surface area contributed by atoms with E-state index in [-0.39, 0.29) is 23.7 Å². The number of ether oxygens (including phenoxy) is 1. The van der Waals surface area contributed by atoms with E-state index in [1.165, 1.54) is 0 Å². The maximum atomic E-state index is 12.2. The minimum Gasteiger partial charge on any atom is -0.382 e. The van der Waals surface area contributed by atoms with Crippen LogP contribution in [-0.2, 0) is 14.3 Å². The van der Waals surface area contributed by atoms with Crippen molar-refractivity contribution in [3.8, 4) is 0 Å². The Morgan fingerprint density at radius 1 is 1.32 bits per heavy atom. The van der Waals surface area contributed by atoms with Crippen LogP contribution in [0.4, 0.5) is 0 Å². The van der Waals surface area contributed by atoms with Crippen LogP contribution in [0.2, 0.25) is 0 Å². The Morgan fingerprint density at radius 2 is 1.95 bits per heavy atom. The van der Waals surface area contributed by atoms with Crippen LogP contribution in [-0.4, -0.2) is 55.6 Å². The Labute approximate surface area is 133 Å². The van der Waals surface area contributed by atoms with Gasteiger partial charge in [0, 0.05) is 38.8 Å². The van der Waals surface area contributed by atoms with Gasteiger partial charge in [-0.25, -0.2) is 0 Å². The molecule has 6 heteroatoms. The molecular formula is C16H31N3O3. The summed E-state index contributed by atoms with van der Waals surface area (Å²) in [6.45, 7) is 9.13. The Bertz CT molecular complexity index is 353. The van der Waals surface area contributed by atoms with E-state index >= 15 is 0 Å². The molecule has 1 saturated heterocycles. The number of hydrogen-bond donors (Lipinski definition) is 2. The number of nitrogens with zero attached hydrogens (tertiary/aromatic N) is 1. The monoisotopic (exact) mass is 313 g/mol. The fourth-order valence-electron chi connectivity index (χ4n) is 2.53. The van der Waals surface area contributed by atoms with E-state index in [4.69, 9.17) is 10.5 Å². The van der Waals surface area contributed by atoms with Crippen LogP contribution in [0.1, 0.15) is 40.0 Å². The van der Waals surface area contributed by atoms with Gasteiger partial charge in [0.2, 0.25) is 11.8 Å². The highest BCUT2D eigenvalue weighted by Gasteiger charge is 2.30. The lowest BCUT2D eigenvalue weighted by Gasteiger charge is -2.33. The molecule has 2 amide bonds. The summed E-state index contributed by atoms with van der Waals surface area (Å²) in [5, 5.41) is 2.95. The second-order valence-electron chi connectivity index (χ2n) is 6.21. The summed E-state index contributed by atoms with van der Waals surface area (Å²) in [4.78, 5) is 26.0. The standard InChI is InChI=1S/C16H31N3O3/c1-4-22-11-5-8-18-15(20)13-6-9-19(10-7-13)16(21)14(17)12(2)3/h12-14H,4-11,17H2,1-3H3,(H,18,20)/t14-/m0/s1. The van der Waals surface area contributed by atoms with Gasteiger partial charge in [-0.15, -0.1) is 0 Å². The molecule has 1 rings (SSSR count). The van der Waals surface area contributed by atoms with Gasteiger partial charge in [0.25, 0.3) is 0 Å². The van der Waals surface area contributed by atoms with E-state index in [0.29, 0.717) is 45.7 Å². The van der Waals surface area contributed by atoms with Crippen molar-refractivity contribution in [1.82, 2.24) is 10.2 Å². The number of nitrogens with two attached hydrogens (primary N) is 1. The highest BCUT2D eigenvalue weighted by Crippen LogP contribution is 2.18. The molecule has 0 saturated carbocycles. The van der Waals surface area contributed by atoms with Crippen molar-refractivity contribution in [2.75, 3.05) is 32.8 Å². The molecule has 1 atom stereocenters. The van der Waals surface area contributed by atoms with E-state index < -0.39 is 6.04 Å². The number of amides is 2. The van der Waals surface area contributed by atoms with Crippen LogP contribution >= 0.6 is 0 Å². The molecule has 0 aliphatic carbocycles. The first kappa shape index (κ1) is 18.9. The van der Waals surface area contributed by atoms with Crippen molar-refractivity contribution in [1.29, 1.82) is 0 Å². The van der Waals surface area contributed by atoms with Crippen molar-refractivity contribution in [3.63, 3.8) is 0 Å². The molecule has 0 unspecified atom stereocenters. The molecule has 0 aromatic carbocycles. The number of rotatable bonds is 8. The molecule has 0 bridgehead atoms. The summed E-state index contributed by atoms with van der Waals surface area (Å²) < 4.78 is 5.24. The molecule has 0 aromatic heterocycles. The zero-order valence-corrected chi connectivity index (χ0v) is 14.1. The first-order valence-electron chi connectivity index (χ1n) is 8.37. The quantitative estimate of drug-likeness (QED) is 0.648. The van der Waals surface area contributed by atoms with Gasteiger partial charge >= 0.3 is 0 Å². The second-order valence-corrected chi connectivity index (χ2v) is 6.21. The smallest absolute Gasteiger partial charge is 0.239 e. The Morgan fingerprint density at radius 3 is 2.50 bits per heavy atom. The fourth-order valence-corrected chi connectivity index (χ4v) is 2.53. The van der Waals surface area contributed by atoms with E-state index in [1.807, 2.05) is 20.8 Å². The second kappa shape index (κ2) is 9.79. The third-order valence-corrected chi connectivity index (χ3v) is 4.15. The van der Waals surface area contributed by atoms with Crippen LogP contribution in [0.15, 0.2) is 0 Å². The number of carbonyl (C=O) groups excluding carboxylic acids is 2. The number of nitrogens with one attached hydrogen (secondary N) is 1. The van der Waals surface area contributed by atoms with Crippen molar-refractivity contribution >= 4 is 11.8 Å². The summed E-state index contributed by atoms with van der Waals surface area (Å²) in [5.41, 5.74) is 5.91. The number of carbonyl (C=O) groups is 2. The molecule has 0 aromatic rings. The average Bonchev–Trinajstić information content (AvgIpc) is 2.53. The maximum absolute atomic E-state index is 12.2. The van der Waals surface area contributed by atoms with E-state index in [0.717, 1.165) is 6.42 Å². The number of hydrogen-bond acceptors (Lipinski definition) is 4. The Kier molecular flexibility index (Phi) is 8.42. The highest BCUT2D eigenvalue weighted by molar-refractivity contribution is 5.83. The molecule has 22 heavy (non-hydrogen) atoms. The van der Waals surface area contributed by atoms with Gasteiger partial charge < -0.3 is 20.7 Å². The topological polar surface area (TPSA) is 84.7 Å². The molecule has 0 radical (unpaired) electrons. The summed E-state index contributed by atoms with van der Waals surface area (Å²) >= 11 is 0. The lowest BCUT2D eigenvalue weighted by Crippen LogP contribution is -2.50. The van der Waals surface area contributed by atoms with Crippen LogP contribution in [0.25, 0.3) is 0 Å². The average molecular weight is 313 g/mol. The van der Waals surface area contributed by atoms with Gasteiger partial charge in [0.1, 0.15) is 0 Å². The predicted octanol–water partition coefficient (Wildman–Crippen LogP) is 0.751. The minimum atomic E-state index is -0.441. The largest absolute Gasteiger partial charge is 0.382 e. The minimum absolute atomic E-state index is 0.00516. The van der Waals surface area contributed by atoms with Crippen molar-refractivity contribution in [2.45, 2.75) is 46.1 Å². The van der Waals surface area contributed by atoms with Gasteiger partial charge in [-0.1, -0.05) is 13.8 Å². The van der Waals surface area contributed by atoms with Gasteiger partial charge in [-0.05, 0) is 32.1 Å². The molecule has 1 fully saturated rings. The predicted molar refractivity (Wildman–Crippen MR) is 86.2 cm³/mol. The van der Waals surface area contributed by atoms with Crippen molar-refractivity contribution < 1.29 is 14.3 Å². The van der Waals surface area contributed by atoms with Crippen LogP contribution in [0.5, 0.6) is 0 Å². The molecule has 1 aliphatic heterocycles. The van der Waals surface area contributed by atoms with E-state index in [2.05, 4.69) is 5.32 Å². The first-order valence-corrected chi connectivity index (χ1v) is 8.37. The van der Waals surface area contributed by atoms with E-state index in [1.54, 1.807) is 4.90 Å².